The average molecular weight is 240 g/mol. The third-order valence-corrected chi connectivity index (χ3v) is 3.61. The minimum absolute atomic E-state index is 0.461. The van der Waals surface area contributed by atoms with Crippen LogP contribution >= 0.6 is 11.6 Å². The van der Waals surface area contributed by atoms with E-state index < -0.39 is 5.60 Å². The van der Waals surface area contributed by atoms with E-state index in [1.807, 2.05) is 19.1 Å². The van der Waals surface area contributed by atoms with Gasteiger partial charge in [0.05, 0.1) is 5.60 Å². The van der Waals surface area contributed by atoms with Crippen molar-refractivity contribution in [3.8, 4) is 0 Å². The summed E-state index contributed by atoms with van der Waals surface area (Å²) in [6, 6.07) is 6.06. The molecule has 1 aromatic rings. The van der Waals surface area contributed by atoms with Crippen molar-refractivity contribution < 1.29 is 5.11 Å². The fraction of sp³-hybridized carbons (Fsp3) is 0.538. The molecule has 0 aromatic heterocycles. The second kappa shape index (κ2) is 4.74. The van der Waals surface area contributed by atoms with Gasteiger partial charge in [0.2, 0.25) is 0 Å². The number of nitrogens with one attached hydrogen (secondary N) is 1. The number of rotatable bonds is 4. The van der Waals surface area contributed by atoms with E-state index in [0.29, 0.717) is 6.54 Å². The summed E-state index contributed by atoms with van der Waals surface area (Å²) in [6.45, 7) is 3.42. The zero-order valence-corrected chi connectivity index (χ0v) is 10.3. The molecule has 0 amide bonds. The highest BCUT2D eigenvalue weighted by Gasteiger charge is 2.33. The average Bonchev–Trinajstić information content (AvgIpc) is 2.19. The maximum absolute atomic E-state index is 9.91. The Morgan fingerprint density at radius 3 is 2.75 bits per heavy atom. The van der Waals surface area contributed by atoms with Gasteiger partial charge in [0.15, 0.2) is 0 Å². The van der Waals surface area contributed by atoms with Gasteiger partial charge in [-0.3, -0.25) is 0 Å². The molecule has 1 aromatic carbocycles. The quantitative estimate of drug-likeness (QED) is 0.847. The molecule has 0 atom stereocenters. The molecule has 1 aliphatic carbocycles. The van der Waals surface area contributed by atoms with Crippen molar-refractivity contribution in [2.45, 2.75) is 38.3 Å². The summed E-state index contributed by atoms with van der Waals surface area (Å²) in [5.74, 6) is 0. The summed E-state index contributed by atoms with van der Waals surface area (Å²) in [5.41, 5.74) is 1.80. The van der Waals surface area contributed by atoms with E-state index in [0.717, 1.165) is 36.4 Å². The molecule has 0 saturated heterocycles. The predicted molar refractivity (Wildman–Crippen MR) is 66.7 cm³/mol. The molecule has 2 rings (SSSR count). The molecule has 1 fully saturated rings. The van der Waals surface area contributed by atoms with Gasteiger partial charge in [-0.25, -0.2) is 0 Å². The predicted octanol–water partition coefficient (Wildman–Crippen LogP) is 2.65. The van der Waals surface area contributed by atoms with Crippen molar-refractivity contribution in [1.82, 2.24) is 5.32 Å². The van der Waals surface area contributed by atoms with Crippen molar-refractivity contribution >= 4 is 11.6 Å². The van der Waals surface area contributed by atoms with Crippen LogP contribution in [-0.4, -0.2) is 17.3 Å². The molecule has 1 saturated carbocycles. The van der Waals surface area contributed by atoms with E-state index in [1.54, 1.807) is 0 Å². The van der Waals surface area contributed by atoms with Crippen LogP contribution in [0.3, 0.4) is 0 Å². The SMILES string of the molecule is Cc1ccc(CNCC2(O)CCC2)c(Cl)c1. The summed E-state index contributed by atoms with van der Waals surface area (Å²) in [7, 11) is 0. The number of halogens is 1. The van der Waals surface area contributed by atoms with Crippen LogP contribution in [0.15, 0.2) is 18.2 Å². The van der Waals surface area contributed by atoms with E-state index >= 15 is 0 Å². The van der Waals surface area contributed by atoms with E-state index in [1.165, 1.54) is 5.56 Å². The molecule has 2 nitrogen and oxygen atoms in total. The van der Waals surface area contributed by atoms with Crippen LogP contribution in [0.4, 0.5) is 0 Å². The van der Waals surface area contributed by atoms with Gasteiger partial charge < -0.3 is 10.4 Å². The first kappa shape index (κ1) is 11.9. The Bertz CT molecular complexity index is 374. The Kier molecular flexibility index (Phi) is 3.53. The number of hydrogen-bond acceptors (Lipinski definition) is 2. The molecule has 1 aliphatic rings. The zero-order valence-electron chi connectivity index (χ0n) is 9.59. The van der Waals surface area contributed by atoms with Crippen molar-refractivity contribution in [1.29, 1.82) is 0 Å². The van der Waals surface area contributed by atoms with Gasteiger partial charge in [0, 0.05) is 18.1 Å². The third-order valence-electron chi connectivity index (χ3n) is 3.26. The molecule has 0 aliphatic heterocycles. The summed E-state index contributed by atoms with van der Waals surface area (Å²) in [5, 5.41) is 14.0. The van der Waals surface area contributed by atoms with Gasteiger partial charge in [-0.1, -0.05) is 23.7 Å². The Labute approximate surface area is 102 Å². The van der Waals surface area contributed by atoms with E-state index in [4.69, 9.17) is 11.6 Å². The van der Waals surface area contributed by atoms with Gasteiger partial charge in [-0.2, -0.15) is 0 Å². The Morgan fingerprint density at radius 2 is 2.19 bits per heavy atom. The maximum Gasteiger partial charge on any atom is 0.0771 e. The molecule has 0 unspecified atom stereocenters. The van der Waals surface area contributed by atoms with Crippen LogP contribution in [0, 0.1) is 6.92 Å². The fourth-order valence-corrected chi connectivity index (χ4v) is 2.29. The smallest absolute Gasteiger partial charge is 0.0771 e. The molecular weight excluding hydrogens is 222 g/mol. The first-order chi connectivity index (χ1) is 7.59. The van der Waals surface area contributed by atoms with E-state index in [-0.39, 0.29) is 0 Å². The van der Waals surface area contributed by atoms with E-state index in [2.05, 4.69) is 11.4 Å². The Balaban J connectivity index is 1.85. The van der Waals surface area contributed by atoms with Crippen LogP contribution in [0.1, 0.15) is 30.4 Å². The second-order valence-corrected chi connectivity index (χ2v) is 5.18. The molecule has 0 heterocycles. The first-order valence-electron chi connectivity index (χ1n) is 5.77. The lowest BCUT2D eigenvalue weighted by Gasteiger charge is -2.36. The van der Waals surface area contributed by atoms with Crippen LogP contribution < -0.4 is 5.32 Å². The number of hydrogen-bond donors (Lipinski definition) is 2. The van der Waals surface area contributed by atoms with Gasteiger partial charge in [-0.05, 0) is 43.4 Å². The number of aryl methyl sites for hydroxylation is 1. The molecule has 3 heteroatoms. The van der Waals surface area contributed by atoms with Crippen LogP contribution in [0.5, 0.6) is 0 Å². The minimum Gasteiger partial charge on any atom is -0.389 e. The fourth-order valence-electron chi connectivity index (χ4n) is 1.99. The largest absolute Gasteiger partial charge is 0.389 e. The monoisotopic (exact) mass is 239 g/mol. The molecule has 2 N–H and O–H groups in total. The summed E-state index contributed by atoms with van der Waals surface area (Å²) in [6.07, 6.45) is 2.98. The molecule has 0 spiro atoms. The molecule has 0 radical (unpaired) electrons. The Hall–Kier alpha value is -0.570. The van der Waals surface area contributed by atoms with Crippen molar-refractivity contribution in [3.63, 3.8) is 0 Å². The standard InChI is InChI=1S/C13H18ClNO/c1-10-3-4-11(12(14)7-10)8-15-9-13(16)5-2-6-13/h3-4,7,15-16H,2,5-6,8-9H2,1H3. The lowest BCUT2D eigenvalue weighted by atomic mass is 9.80. The van der Waals surface area contributed by atoms with E-state index in [9.17, 15) is 5.11 Å². The highest BCUT2D eigenvalue weighted by atomic mass is 35.5. The van der Waals surface area contributed by atoms with Crippen molar-refractivity contribution in [3.05, 3.63) is 34.3 Å². The van der Waals surface area contributed by atoms with Crippen LogP contribution in [0.2, 0.25) is 5.02 Å². The highest BCUT2D eigenvalue weighted by Crippen LogP contribution is 2.30. The maximum atomic E-state index is 9.91. The van der Waals surface area contributed by atoms with Crippen LogP contribution in [-0.2, 0) is 6.54 Å². The molecule has 16 heavy (non-hydrogen) atoms. The number of aliphatic hydroxyl groups is 1. The third kappa shape index (κ3) is 2.76. The lowest BCUT2D eigenvalue weighted by molar-refractivity contribution is -0.0314. The molecule has 0 bridgehead atoms. The summed E-state index contributed by atoms with van der Waals surface area (Å²) in [4.78, 5) is 0. The normalized spacial score (nSPS) is 18.2. The molecule has 88 valence electrons. The van der Waals surface area contributed by atoms with Crippen LogP contribution in [0.25, 0.3) is 0 Å². The lowest BCUT2D eigenvalue weighted by Crippen LogP contribution is -2.45. The minimum atomic E-state index is -0.461. The highest BCUT2D eigenvalue weighted by molar-refractivity contribution is 6.31. The molecular formula is C13H18ClNO. The summed E-state index contributed by atoms with van der Waals surface area (Å²) < 4.78 is 0. The van der Waals surface area contributed by atoms with Gasteiger partial charge >= 0.3 is 0 Å². The number of benzene rings is 1. The second-order valence-electron chi connectivity index (χ2n) is 4.78. The summed E-state index contributed by atoms with van der Waals surface area (Å²) >= 11 is 6.12. The first-order valence-corrected chi connectivity index (χ1v) is 6.15. The Morgan fingerprint density at radius 1 is 1.44 bits per heavy atom. The van der Waals surface area contributed by atoms with Crippen molar-refractivity contribution in [2.24, 2.45) is 0 Å². The van der Waals surface area contributed by atoms with Gasteiger partial charge in [-0.15, -0.1) is 0 Å². The van der Waals surface area contributed by atoms with Gasteiger partial charge in [0.25, 0.3) is 0 Å². The zero-order chi connectivity index (χ0) is 11.6. The topological polar surface area (TPSA) is 32.3 Å². The van der Waals surface area contributed by atoms with Crippen molar-refractivity contribution in [2.75, 3.05) is 6.54 Å². The van der Waals surface area contributed by atoms with Gasteiger partial charge in [0.1, 0.15) is 0 Å².